The van der Waals surface area contributed by atoms with E-state index < -0.39 is 0 Å². The molecule has 166 valence electrons. The minimum atomic E-state index is -0.0154. The molecule has 0 bridgehead atoms. The Kier molecular flexibility index (Phi) is 8.34. The van der Waals surface area contributed by atoms with Crippen molar-refractivity contribution in [1.82, 2.24) is 9.80 Å². The van der Waals surface area contributed by atoms with Gasteiger partial charge in [0.1, 0.15) is 11.5 Å². The third kappa shape index (κ3) is 6.46. The van der Waals surface area contributed by atoms with Crippen LogP contribution in [0.15, 0.2) is 42.5 Å². The Balaban J connectivity index is 1.55. The summed E-state index contributed by atoms with van der Waals surface area (Å²) in [5.41, 5.74) is 1.50. The molecule has 3 rings (SSSR count). The molecule has 0 aromatic heterocycles. The molecule has 2 N–H and O–H groups in total. The number of methoxy groups -OCH3 is 2. The van der Waals surface area contributed by atoms with Crippen molar-refractivity contribution in [3.05, 3.63) is 47.5 Å². The van der Waals surface area contributed by atoms with Gasteiger partial charge < -0.3 is 25.0 Å². The van der Waals surface area contributed by atoms with Gasteiger partial charge in [-0.25, -0.2) is 0 Å². The molecule has 0 radical (unpaired) electrons. The number of hydrogen-bond donors (Lipinski definition) is 2. The fraction of sp³-hybridized carbons (Fsp3) is 0.364. The lowest BCUT2D eigenvalue weighted by Gasteiger charge is -2.25. The second kappa shape index (κ2) is 11.2. The number of anilines is 2. The van der Waals surface area contributed by atoms with Crippen LogP contribution in [0, 0.1) is 0 Å². The summed E-state index contributed by atoms with van der Waals surface area (Å²) in [7, 11) is 3.14. The van der Waals surface area contributed by atoms with Gasteiger partial charge in [0, 0.05) is 44.0 Å². The van der Waals surface area contributed by atoms with Gasteiger partial charge in [-0.05, 0) is 30.8 Å². The van der Waals surface area contributed by atoms with Crippen molar-refractivity contribution in [2.45, 2.75) is 6.42 Å². The van der Waals surface area contributed by atoms with Gasteiger partial charge in [0.25, 0.3) is 0 Å². The van der Waals surface area contributed by atoms with Crippen LogP contribution in [0.5, 0.6) is 11.5 Å². The largest absolute Gasteiger partial charge is 0.495 e. The molecule has 2 aromatic rings. The molecule has 0 atom stereocenters. The summed E-state index contributed by atoms with van der Waals surface area (Å²) >= 11 is 11.8. The van der Waals surface area contributed by atoms with Crippen LogP contribution in [0.3, 0.4) is 0 Å². The summed E-state index contributed by atoms with van der Waals surface area (Å²) in [5.74, 6) is 1.11. The minimum absolute atomic E-state index is 0.0154. The van der Waals surface area contributed by atoms with Crippen LogP contribution in [0.1, 0.15) is 6.42 Å². The number of thiocarbonyl (C=S) groups is 1. The Hall–Kier alpha value is -2.55. The normalized spacial score (nSPS) is 14.5. The maximum atomic E-state index is 12.4. The summed E-state index contributed by atoms with van der Waals surface area (Å²) in [5, 5.41) is 7.24. The summed E-state index contributed by atoms with van der Waals surface area (Å²) in [6.45, 7) is 3.45. The zero-order valence-electron chi connectivity index (χ0n) is 17.7. The second-order valence-electron chi connectivity index (χ2n) is 7.15. The van der Waals surface area contributed by atoms with Crippen molar-refractivity contribution < 1.29 is 14.3 Å². The van der Waals surface area contributed by atoms with Crippen LogP contribution < -0.4 is 20.1 Å². The first-order valence-electron chi connectivity index (χ1n) is 10.0. The number of rotatable bonds is 6. The quantitative estimate of drug-likeness (QED) is 0.634. The van der Waals surface area contributed by atoms with Crippen LogP contribution in [0.25, 0.3) is 0 Å². The fourth-order valence-electron chi connectivity index (χ4n) is 3.41. The lowest BCUT2D eigenvalue weighted by molar-refractivity contribution is -0.117. The first kappa shape index (κ1) is 23.1. The van der Waals surface area contributed by atoms with Gasteiger partial charge in [-0.15, -0.1) is 0 Å². The lowest BCUT2D eigenvalue weighted by Crippen LogP contribution is -2.39. The highest BCUT2D eigenvalue weighted by atomic mass is 35.5. The van der Waals surface area contributed by atoms with E-state index in [0.717, 1.165) is 38.3 Å². The van der Waals surface area contributed by atoms with E-state index in [4.69, 9.17) is 33.3 Å². The minimum Gasteiger partial charge on any atom is -0.495 e. The number of nitrogens with zero attached hydrogens (tertiary/aromatic N) is 2. The molecule has 0 saturated carbocycles. The molecule has 2 aromatic carbocycles. The van der Waals surface area contributed by atoms with E-state index in [1.165, 1.54) is 0 Å². The Morgan fingerprint density at radius 3 is 2.48 bits per heavy atom. The Morgan fingerprint density at radius 2 is 1.77 bits per heavy atom. The first-order valence-corrected chi connectivity index (χ1v) is 10.8. The van der Waals surface area contributed by atoms with E-state index in [9.17, 15) is 4.79 Å². The number of halogens is 1. The van der Waals surface area contributed by atoms with Gasteiger partial charge >= 0.3 is 0 Å². The molecule has 0 unspecified atom stereocenters. The Labute approximate surface area is 193 Å². The average Bonchev–Trinajstić information content (AvgIpc) is 3.00. The average molecular weight is 463 g/mol. The molecule has 9 heteroatoms. The van der Waals surface area contributed by atoms with Gasteiger partial charge in [-0.3, -0.25) is 9.69 Å². The van der Waals surface area contributed by atoms with Gasteiger partial charge in [0.15, 0.2) is 5.11 Å². The Morgan fingerprint density at radius 1 is 1.03 bits per heavy atom. The van der Waals surface area contributed by atoms with E-state index >= 15 is 0 Å². The smallest absolute Gasteiger partial charge is 0.238 e. The predicted molar refractivity (Wildman–Crippen MR) is 128 cm³/mol. The van der Waals surface area contributed by atoms with E-state index in [2.05, 4.69) is 20.4 Å². The van der Waals surface area contributed by atoms with Crippen molar-refractivity contribution in [3.8, 4) is 11.5 Å². The molecule has 1 heterocycles. The van der Waals surface area contributed by atoms with Gasteiger partial charge in [-0.1, -0.05) is 29.8 Å². The molecule has 0 spiro atoms. The molecule has 0 aliphatic carbocycles. The van der Waals surface area contributed by atoms with Crippen molar-refractivity contribution in [2.24, 2.45) is 0 Å². The highest BCUT2D eigenvalue weighted by molar-refractivity contribution is 7.80. The molecule has 1 saturated heterocycles. The zero-order chi connectivity index (χ0) is 22.2. The SMILES string of the molecule is COc1cc(NC(=S)N2CCCN(CC(=O)Nc3ccccc3)CC2)c(OC)cc1Cl. The van der Waals surface area contributed by atoms with E-state index in [-0.39, 0.29) is 5.91 Å². The molecule has 1 aliphatic heterocycles. The van der Waals surface area contributed by atoms with Crippen LogP contribution >= 0.6 is 23.8 Å². The van der Waals surface area contributed by atoms with Crippen molar-refractivity contribution in [2.75, 3.05) is 57.6 Å². The highest BCUT2D eigenvalue weighted by Gasteiger charge is 2.20. The van der Waals surface area contributed by atoms with E-state index in [0.29, 0.717) is 33.9 Å². The summed E-state index contributed by atoms with van der Waals surface area (Å²) in [6, 6.07) is 13.0. The third-order valence-electron chi connectivity index (χ3n) is 5.02. The third-order valence-corrected chi connectivity index (χ3v) is 5.67. The second-order valence-corrected chi connectivity index (χ2v) is 7.94. The first-order chi connectivity index (χ1) is 15.0. The number of carbonyl (C=O) groups is 1. The number of amides is 1. The van der Waals surface area contributed by atoms with Crippen LogP contribution in [0.4, 0.5) is 11.4 Å². The molecule has 1 fully saturated rings. The molecular weight excluding hydrogens is 436 g/mol. The molecule has 1 aliphatic rings. The molecule has 7 nitrogen and oxygen atoms in total. The lowest BCUT2D eigenvalue weighted by atomic mass is 10.2. The van der Waals surface area contributed by atoms with Crippen LogP contribution in [0.2, 0.25) is 5.02 Å². The molecular formula is C22H27ClN4O3S. The van der Waals surface area contributed by atoms with E-state index in [1.54, 1.807) is 26.4 Å². The van der Waals surface area contributed by atoms with Crippen LogP contribution in [-0.2, 0) is 4.79 Å². The fourth-order valence-corrected chi connectivity index (χ4v) is 3.93. The van der Waals surface area contributed by atoms with E-state index in [1.807, 2.05) is 30.3 Å². The topological polar surface area (TPSA) is 66.1 Å². The number of nitrogens with one attached hydrogen (secondary N) is 2. The highest BCUT2D eigenvalue weighted by Crippen LogP contribution is 2.36. The maximum Gasteiger partial charge on any atom is 0.238 e. The zero-order valence-corrected chi connectivity index (χ0v) is 19.3. The summed E-state index contributed by atoms with van der Waals surface area (Å²) < 4.78 is 10.7. The van der Waals surface area contributed by atoms with Crippen molar-refractivity contribution in [1.29, 1.82) is 0 Å². The van der Waals surface area contributed by atoms with Crippen LogP contribution in [-0.4, -0.2) is 67.8 Å². The number of ether oxygens (including phenoxy) is 2. The molecule has 31 heavy (non-hydrogen) atoms. The molecule has 1 amide bonds. The number of benzene rings is 2. The van der Waals surface area contributed by atoms with Gasteiger partial charge in [0.2, 0.25) is 5.91 Å². The maximum absolute atomic E-state index is 12.4. The monoisotopic (exact) mass is 462 g/mol. The summed E-state index contributed by atoms with van der Waals surface area (Å²) in [6.07, 6.45) is 0.904. The predicted octanol–water partition coefficient (Wildman–Crippen LogP) is 3.70. The van der Waals surface area contributed by atoms with Crippen molar-refractivity contribution >= 4 is 46.2 Å². The Bertz CT molecular complexity index is 913. The number of hydrogen-bond acceptors (Lipinski definition) is 5. The van der Waals surface area contributed by atoms with Crippen molar-refractivity contribution in [3.63, 3.8) is 0 Å². The van der Waals surface area contributed by atoms with Gasteiger partial charge in [0.05, 0.1) is 31.5 Å². The number of carbonyl (C=O) groups excluding carboxylic acids is 1. The summed E-state index contributed by atoms with van der Waals surface area (Å²) in [4.78, 5) is 16.6. The number of para-hydroxylation sites is 1. The standard InChI is InChI=1S/C22H27ClN4O3S/c1-29-19-14-18(20(30-2)13-17(19)23)25-22(31)27-10-6-9-26(11-12-27)15-21(28)24-16-7-4-3-5-8-16/h3-5,7-8,13-14H,6,9-12,15H2,1-2H3,(H,24,28)(H,25,31). The van der Waals surface area contributed by atoms with Gasteiger partial charge in [-0.2, -0.15) is 0 Å².